The van der Waals surface area contributed by atoms with E-state index in [1.165, 1.54) is 4.31 Å². The summed E-state index contributed by atoms with van der Waals surface area (Å²) in [6, 6.07) is 3.05. The van der Waals surface area contributed by atoms with Gasteiger partial charge in [0, 0.05) is 24.7 Å². The number of benzene rings is 1. The predicted octanol–water partition coefficient (Wildman–Crippen LogP) is 1.58. The molecule has 8 heteroatoms. The van der Waals surface area contributed by atoms with Crippen LogP contribution in [0.15, 0.2) is 17.0 Å². The smallest absolute Gasteiger partial charge is 0.292 e. The van der Waals surface area contributed by atoms with E-state index in [-0.39, 0.29) is 16.6 Å². The maximum Gasteiger partial charge on any atom is 0.292 e. The molecule has 1 aromatic carbocycles. The van der Waals surface area contributed by atoms with Gasteiger partial charge in [-0.05, 0) is 39.3 Å². The van der Waals surface area contributed by atoms with Crippen LogP contribution in [0.1, 0.15) is 24.0 Å². The van der Waals surface area contributed by atoms with Crippen molar-refractivity contribution in [1.29, 1.82) is 0 Å². The molecule has 1 aromatic rings. The van der Waals surface area contributed by atoms with Crippen molar-refractivity contribution in [2.75, 3.05) is 20.1 Å². The highest BCUT2D eigenvalue weighted by Gasteiger charge is 2.40. The van der Waals surface area contributed by atoms with Crippen LogP contribution in [0.2, 0.25) is 0 Å². The summed E-state index contributed by atoms with van der Waals surface area (Å²) in [4.78, 5) is 10.6. The molecule has 1 aliphatic rings. The highest BCUT2D eigenvalue weighted by atomic mass is 32.2. The molecule has 2 rings (SSSR count). The lowest BCUT2D eigenvalue weighted by atomic mass is 10.1. The fourth-order valence-electron chi connectivity index (χ4n) is 3.01. The monoisotopic (exact) mass is 327 g/mol. The summed E-state index contributed by atoms with van der Waals surface area (Å²) < 4.78 is 27.4. The molecule has 0 saturated carbocycles. The summed E-state index contributed by atoms with van der Waals surface area (Å²) in [6.45, 7) is 4.10. The Morgan fingerprint density at radius 2 is 2.00 bits per heavy atom. The van der Waals surface area contributed by atoms with Gasteiger partial charge >= 0.3 is 0 Å². The van der Waals surface area contributed by atoms with Crippen molar-refractivity contribution < 1.29 is 13.3 Å². The number of nitrogens with zero attached hydrogens (tertiary/aromatic N) is 2. The minimum Gasteiger partial charge on any atom is -0.318 e. The minimum atomic E-state index is -3.89. The Kier molecular flexibility index (Phi) is 4.84. The summed E-state index contributed by atoms with van der Waals surface area (Å²) in [7, 11) is -2.12. The fourth-order valence-corrected chi connectivity index (χ4v) is 5.14. The van der Waals surface area contributed by atoms with E-state index >= 15 is 0 Å². The Hall–Kier alpha value is -1.51. The average molecular weight is 327 g/mol. The minimum absolute atomic E-state index is 0.158. The van der Waals surface area contributed by atoms with Crippen LogP contribution in [-0.4, -0.2) is 43.8 Å². The number of nitro groups is 1. The Bertz CT molecular complexity index is 688. The molecule has 1 N–H and O–H groups in total. The molecule has 7 nitrogen and oxygen atoms in total. The van der Waals surface area contributed by atoms with Gasteiger partial charge in [-0.1, -0.05) is 12.1 Å². The molecule has 1 atom stereocenters. The van der Waals surface area contributed by atoms with Crippen LogP contribution in [0.25, 0.3) is 0 Å². The molecular weight excluding hydrogens is 306 g/mol. The highest BCUT2D eigenvalue weighted by Crippen LogP contribution is 2.35. The first kappa shape index (κ1) is 16.9. The number of nitro benzene ring substituents is 1. The Labute approximate surface area is 130 Å². The van der Waals surface area contributed by atoms with Crippen LogP contribution in [0.5, 0.6) is 0 Å². The van der Waals surface area contributed by atoms with Crippen LogP contribution in [0.3, 0.4) is 0 Å². The van der Waals surface area contributed by atoms with E-state index in [1.54, 1.807) is 33.0 Å². The third-order valence-corrected chi connectivity index (χ3v) is 6.17. The predicted molar refractivity (Wildman–Crippen MR) is 83.4 cm³/mol. The summed E-state index contributed by atoms with van der Waals surface area (Å²) in [5.41, 5.74) is 0.459. The van der Waals surface area contributed by atoms with Crippen molar-refractivity contribution in [1.82, 2.24) is 9.62 Å². The highest BCUT2D eigenvalue weighted by molar-refractivity contribution is 7.89. The lowest BCUT2D eigenvalue weighted by molar-refractivity contribution is -0.388. The van der Waals surface area contributed by atoms with Gasteiger partial charge < -0.3 is 5.32 Å². The molecule has 0 radical (unpaired) electrons. The topological polar surface area (TPSA) is 92.6 Å². The molecule has 0 spiro atoms. The average Bonchev–Trinajstić information content (AvgIpc) is 2.90. The number of nitrogens with one attached hydrogen (secondary N) is 1. The van der Waals surface area contributed by atoms with E-state index in [9.17, 15) is 18.5 Å². The third kappa shape index (κ3) is 2.86. The molecule has 1 fully saturated rings. The Morgan fingerprint density at radius 1 is 1.36 bits per heavy atom. The van der Waals surface area contributed by atoms with Crippen molar-refractivity contribution in [3.05, 3.63) is 33.4 Å². The lowest BCUT2D eigenvalue weighted by Gasteiger charge is -2.24. The van der Waals surface area contributed by atoms with Crippen LogP contribution in [0.4, 0.5) is 5.69 Å². The lowest BCUT2D eigenvalue weighted by Crippen LogP contribution is -2.41. The fraction of sp³-hybridized carbons (Fsp3) is 0.571. The Morgan fingerprint density at radius 3 is 2.59 bits per heavy atom. The molecule has 1 aliphatic heterocycles. The quantitative estimate of drug-likeness (QED) is 0.655. The molecule has 1 saturated heterocycles. The summed E-state index contributed by atoms with van der Waals surface area (Å²) in [5.74, 6) is 0. The van der Waals surface area contributed by atoms with Crippen LogP contribution >= 0.6 is 0 Å². The summed E-state index contributed by atoms with van der Waals surface area (Å²) in [6.07, 6.45) is 1.53. The van der Waals surface area contributed by atoms with E-state index in [0.717, 1.165) is 12.8 Å². The van der Waals surface area contributed by atoms with Crippen molar-refractivity contribution in [3.8, 4) is 0 Å². The van der Waals surface area contributed by atoms with Crippen LogP contribution < -0.4 is 5.32 Å². The van der Waals surface area contributed by atoms with E-state index in [4.69, 9.17) is 0 Å². The summed E-state index contributed by atoms with van der Waals surface area (Å²) in [5, 5.41) is 14.4. The molecule has 1 heterocycles. The molecule has 0 bridgehead atoms. The zero-order chi connectivity index (χ0) is 16.5. The molecule has 0 amide bonds. The van der Waals surface area contributed by atoms with Crippen molar-refractivity contribution in [2.24, 2.45) is 0 Å². The van der Waals surface area contributed by atoms with E-state index < -0.39 is 14.9 Å². The van der Waals surface area contributed by atoms with Crippen LogP contribution in [-0.2, 0) is 10.0 Å². The van der Waals surface area contributed by atoms with Crippen LogP contribution in [0, 0.1) is 24.0 Å². The SMILES string of the molecule is CNCC1CCCN1S(=O)(=O)c1c(C)ccc(C)c1[N+](=O)[O-]. The second kappa shape index (κ2) is 6.31. The number of likely N-dealkylation sites (N-methyl/N-ethyl adjacent to an activating group) is 1. The molecule has 0 aliphatic carbocycles. The van der Waals surface area contributed by atoms with Crippen molar-refractivity contribution >= 4 is 15.7 Å². The zero-order valence-corrected chi connectivity index (χ0v) is 13.8. The normalized spacial score (nSPS) is 19.5. The molecule has 1 unspecified atom stereocenters. The summed E-state index contributed by atoms with van der Waals surface area (Å²) >= 11 is 0. The van der Waals surface area contributed by atoms with Gasteiger partial charge in [-0.15, -0.1) is 0 Å². The van der Waals surface area contributed by atoms with Gasteiger partial charge in [0.15, 0.2) is 4.90 Å². The number of rotatable bonds is 5. The molecule has 22 heavy (non-hydrogen) atoms. The van der Waals surface area contributed by atoms with Gasteiger partial charge in [0.25, 0.3) is 5.69 Å². The van der Waals surface area contributed by atoms with Gasteiger partial charge in [0.05, 0.1) is 4.92 Å². The maximum atomic E-state index is 13.0. The second-order valence-electron chi connectivity index (χ2n) is 5.60. The van der Waals surface area contributed by atoms with E-state index in [2.05, 4.69) is 5.32 Å². The number of sulfonamides is 1. The first-order valence-corrected chi connectivity index (χ1v) is 8.65. The maximum absolute atomic E-state index is 13.0. The third-order valence-electron chi connectivity index (χ3n) is 4.04. The van der Waals surface area contributed by atoms with E-state index in [1.807, 2.05) is 0 Å². The number of hydrogen-bond donors (Lipinski definition) is 1. The van der Waals surface area contributed by atoms with Gasteiger partial charge in [-0.2, -0.15) is 4.31 Å². The first-order chi connectivity index (χ1) is 10.3. The molecule has 122 valence electrons. The molecule has 0 aromatic heterocycles. The van der Waals surface area contributed by atoms with E-state index in [0.29, 0.717) is 24.2 Å². The number of hydrogen-bond acceptors (Lipinski definition) is 5. The van der Waals surface area contributed by atoms with Crippen molar-refractivity contribution in [3.63, 3.8) is 0 Å². The van der Waals surface area contributed by atoms with Gasteiger partial charge in [0.2, 0.25) is 10.0 Å². The number of aryl methyl sites for hydroxylation is 2. The molecular formula is C14H21N3O4S. The Balaban J connectivity index is 2.59. The zero-order valence-electron chi connectivity index (χ0n) is 13.0. The first-order valence-electron chi connectivity index (χ1n) is 7.21. The van der Waals surface area contributed by atoms with Gasteiger partial charge in [-0.3, -0.25) is 10.1 Å². The second-order valence-corrected chi connectivity index (χ2v) is 7.43. The largest absolute Gasteiger partial charge is 0.318 e. The standard InChI is InChI=1S/C14H21N3O4S/c1-10-6-7-11(2)14(13(10)17(18)19)22(20,21)16-8-4-5-12(16)9-15-3/h6-7,12,15H,4-5,8-9H2,1-3H3. The van der Waals surface area contributed by atoms with Gasteiger partial charge in [0.1, 0.15) is 0 Å². The van der Waals surface area contributed by atoms with Crippen molar-refractivity contribution in [2.45, 2.75) is 37.6 Å². The van der Waals surface area contributed by atoms with Gasteiger partial charge in [-0.25, -0.2) is 8.42 Å².